The molecule has 1 fully saturated rings. The number of hydrogen-bond donors (Lipinski definition) is 5. The Morgan fingerprint density at radius 1 is 1.21 bits per heavy atom. The molecule has 0 aliphatic carbocycles. The average molecular weight is 342 g/mol. The minimum absolute atomic E-state index is 0.0161. The standard InChI is InChI=1S/C12H14N4O8/c17-3-6-10(18)11(19)9(12(20)23-6)13-4-1-2-5(16(21)22)8-7(4)14-24-15-8/h1-2,6,9-13,17-20H,3H2/t6-,9-,10-,11-,12-/m1/s1. The van der Waals surface area contributed by atoms with E-state index >= 15 is 0 Å². The van der Waals surface area contributed by atoms with Gasteiger partial charge in [-0.1, -0.05) is 0 Å². The molecule has 0 spiro atoms. The number of non-ortho nitro benzene ring substituents is 1. The van der Waals surface area contributed by atoms with Crippen LogP contribution in [0.5, 0.6) is 0 Å². The summed E-state index contributed by atoms with van der Waals surface area (Å²) in [4.78, 5) is 10.3. The highest BCUT2D eigenvalue weighted by atomic mass is 16.6. The van der Waals surface area contributed by atoms with E-state index in [-0.39, 0.29) is 22.4 Å². The molecule has 1 aromatic heterocycles. The van der Waals surface area contributed by atoms with Gasteiger partial charge in [0.1, 0.15) is 24.4 Å². The van der Waals surface area contributed by atoms with Gasteiger partial charge in [0, 0.05) is 6.07 Å². The molecule has 12 heteroatoms. The number of fused-ring (bicyclic) bond motifs is 1. The molecule has 0 unspecified atom stereocenters. The van der Waals surface area contributed by atoms with Crippen molar-refractivity contribution in [2.75, 3.05) is 11.9 Å². The normalized spacial score (nSPS) is 30.4. The van der Waals surface area contributed by atoms with Gasteiger partial charge in [0.2, 0.25) is 5.52 Å². The second-order valence-corrected chi connectivity index (χ2v) is 5.25. The maximum atomic E-state index is 10.9. The Labute approximate surface area is 133 Å². The molecule has 1 aliphatic rings. The Bertz CT molecular complexity index is 752. The van der Waals surface area contributed by atoms with Gasteiger partial charge < -0.3 is 30.5 Å². The number of nitro groups is 1. The van der Waals surface area contributed by atoms with Crippen LogP contribution in [-0.4, -0.2) is 72.9 Å². The summed E-state index contributed by atoms with van der Waals surface area (Å²) < 4.78 is 9.54. The first kappa shape index (κ1) is 16.5. The van der Waals surface area contributed by atoms with E-state index in [1.807, 2.05) is 0 Å². The Morgan fingerprint density at radius 2 is 1.92 bits per heavy atom. The zero-order valence-corrected chi connectivity index (χ0v) is 12.0. The molecule has 5 N–H and O–H groups in total. The molecule has 2 heterocycles. The van der Waals surface area contributed by atoms with Gasteiger partial charge in [-0.2, -0.15) is 0 Å². The number of benzene rings is 1. The lowest BCUT2D eigenvalue weighted by molar-refractivity contribution is -0.383. The van der Waals surface area contributed by atoms with Crippen LogP contribution in [0.2, 0.25) is 0 Å². The summed E-state index contributed by atoms with van der Waals surface area (Å²) in [6.45, 7) is -0.586. The molecule has 0 saturated carbocycles. The zero-order chi connectivity index (χ0) is 17.4. The highest BCUT2D eigenvalue weighted by Crippen LogP contribution is 2.31. The Morgan fingerprint density at radius 3 is 2.58 bits per heavy atom. The molecule has 1 saturated heterocycles. The first-order valence-electron chi connectivity index (χ1n) is 6.90. The number of nitro benzene ring substituents is 1. The van der Waals surface area contributed by atoms with Gasteiger partial charge in [-0.15, -0.1) is 0 Å². The molecule has 0 bridgehead atoms. The molecule has 1 aliphatic heterocycles. The van der Waals surface area contributed by atoms with Crippen LogP contribution in [-0.2, 0) is 4.74 Å². The number of nitrogens with zero attached hydrogens (tertiary/aromatic N) is 3. The van der Waals surface area contributed by atoms with Crippen molar-refractivity contribution in [1.82, 2.24) is 10.3 Å². The van der Waals surface area contributed by atoms with Gasteiger partial charge in [0.25, 0.3) is 0 Å². The predicted octanol–water partition coefficient (Wildman–Crippen LogP) is -1.66. The quantitative estimate of drug-likeness (QED) is 0.316. The van der Waals surface area contributed by atoms with Crippen molar-refractivity contribution >= 4 is 22.4 Å². The molecule has 130 valence electrons. The molecule has 1 aromatic carbocycles. The fourth-order valence-corrected chi connectivity index (χ4v) is 2.55. The van der Waals surface area contributed by atoms with Gasteiger partial charge in [0.15, 0.2) is 11.8 Å². The fourth-order valence-electron chi connectivity index (χ4n) is 2.55. The van der Waals surface area contributed by atoms with Crippen molar-refractivity contribution in [3.63, 3.8) is 0 Å². The maximum Gasteiger partial charge on any atom is 0.300 e. The van der Waals surface area contributed by atoms with E-state index in [2.05, 4.69) is 20.3 Å². The number of aliphatic hydroxyl groups is 4. The largest absolute Gasteiger partial charge is 0.394 e. The van der Waals surface area contributed by atoms with Crippen LogP contribution in [0.4, 0.5) is 11.4 Å². The summed E-state index contributed by atoms with van der Waals surface area (Å²) >= 11 is 0. The van der Waals surface area contributed by atoms with Crippen LogP contribution in [0.3, 0.4) is 0 Å². The highest BCUT2D eigenvalue weighted by Gasteiger charge is 2.44. The van der Waals surface area contributed by atoms with Crippen LogP contribution in [0.15, 0.2) is 16.8 Å². The number of rotatable bonds is 4. The number of anilines is 1. The van der Waals surface area contributed by atoms with Gasteiger partial charge in [0.05, 0.1) is 17.2 Å². The Balaban J connectivity index is 1.91. The van der Waals surface area contributed by atoms with Crippen LogP contribution in [0, 0.1) is 10.1 Å². The number of hydrogen-bond acceptors (Lipinski definition) is 11. The third-order valence-electron chi connectivity index (χ3n) is 3.81. The molecular weight excluding hydrogens is 328 g/mol. The number of aliphatic hydroxyl groups excluding tert-OH is 4. The lowest BCUT2D eigenvalue weighted by Gasteiger charge is -2.40. The molecule has 0 radical (unpaired) electrons. The summed E-state index contributed by atoms with van der Waals surface area (Å²) in [5.41, 5.74) is -0.238. The molecule has 5 atom stereocenters. The van der Waals surface area contributed by atoms with E-state index in [4.69, 9.17) is 9.84 Å². The van der Waals surface area contributed by atoms with E-state index in [1.54, 1.807) is 0 Å². The summed E-state index contributed by atoms with van der Waals surface area (Å²) in [7, 11) is 0. The molecular formula is C12H14N4O8. The van der Waals surface area contributed by atoms with Gasteiger partial charge in [-0.05, 0) is 16.4 Å². The first-order valence-corrected chi connectivity index (χ1v) is 6.90. The summed E-state index contributed by atoms with van der Waals surface area (Å²) in [6.07, 6.45) is -5.61. The van der Waals surface area contributed by atoms with Crippen LogP contribution >= 0.6 is 0 Å². The molecule has 0 amide bonds. The molecule has 3 rings (SSSR count). The lowest BCUT2D eigenvalue weighted by atomic mass is 9.96. The minimum Gasteiger partial charge on any atom is -0.394 e. The smallest absolute Gasteiger partial charge is 0.300 e. The SMILES string of the molecule is O=[N+]([O-])c1ccc(N[C@@H]2[C@@H](O)[C@H](O)[C@@H](CO)O[C@H]2O)c2nonc12. The van der Waals surface area contributed by atoms with Crippen LogP contribution in [0.1, 0.15) is 0 Å². The molecule has 2 aromatic rings. The van der Waals surface area contributed by atoms with Crippen molar-refractivity contribution in [2.45, 2.75) is 30.6 Å². The van der Waals surface area contributed by atoms with Crippen molar-refractivity contribution in [3.05, 3.63) is 22.2 Å². The maximum absolute atomic E-state index is 10.9. The van der Waals surface area contributed by atoms with Crippen molar-refractivity contribution in [1.29, 1.82) is 0 Å². The number of nitrogens with one attached hydrogen (secondary N) is 1. The molecule has 24 heavy (non-hydrogen) atoms. The number of ether oxygens (including phenoxy) is 1. The topological polar surface area (TPSA) is 184 Å². The number of aromatic nitrogens is 2. The summed E-state index contributed by atoms with van der Waals surface area (Å²) in [5.74, 6) is 0. The second-order valence-electron chi connectivity index (χ2n) is 5.25. The van der Waals surface area contributed by atoms with Crippen molar-refractivity contribution in [3.8, 4) is 0 Å². The zero-order valence-electron chi connectivity index (χ0n) is 12.0. The Kier molecular flexibility index (Phi) is 4.29. The summed E-state index contributed by atoms with van der Waals surface area (Å²) in [6, 6.07) is 1.28. The predicted molar refractivity (Wildman–Crippen MR) is 75.8 cm³/mol. The van der Waals surface area contributed by atoms with Gasteiger partial charge >= 0.3 is 5.69 Å². The van der Waals surface area contributed by atoms with Crippen molar-refractivity contribution in [2.24, 2.45) is 0 Å². The van der Waals surface area contributed by atoms with Crippen LogP contribution in [0.25, 0.3) is 11.0 Å². The minimum atomic E-state index is -1.55. The fraction of sp³-hybridized carbons (Fsp3) is 0.500. The van der Waals surface area contributed by atoms with Gasteiger partial charge in [-0.25, -0.2) is 4.63 Å². The Hall–Kier alpha value is -2.38. The molecule has 12 nitrogen and oxygen atoms in total. The van der Waals surface area contributed by atoms with E-state index < -0.39 is 42.2 Å². The monoisotopic (exact) mass is 342 g/mol. The van der Waals surface area contributed by atoms with E-state index in [0.29, 0.717) is 0 Å². The van der Waals surface area contributed by atoms with Crippen LogP contribution < -0.4 is 5.32 Å². The second kappa shape index (κ2) is 6.26. The lowest BCUT2D eigenvalue weighted by Crippen LogP contribution is -2.61. The third-order valence-corrected chi connectivity index (χ3v) is 3.81. The third kappa shape index (κ3) is 2.65. The van der Waals surface area contributed by atoms with E-state index in [9.17, 15) is 25.4 Å². The first-order chi connectivity index (χ1) is 11.4. The van der Waals surface area contributed by atoms with Gasteiger partial charge in [-0.3, -0.25) is 10.1 Å². The summed E-state index contributed by atoms with van der Waals surface area (Å²) in [5, 5.41) is 59.7. The van der Waals surface area contributed by atoms with E-state index in [0.717, 1.165) is 6.07 Å². The highest BCUT2D eigenvalue weighted by molar-refractivity contribution is 5.93. The van der Waals surface area contributed by atoms with Crippen molar-refractivity contribution < 1.29 is 34.7 Å². The average Bonchev–Trinajstić information content (AvgIpc) is 3.04. The van der Waals surface area contributed by atoms with E-state index in [1.165, 1.54) is 6.07 Å².